The number of Topliss-reactive ketones (excluding diaryl/α,β-unsaturated/α-hetero) is 1. The van der Waals surface area contributed by atoms with E-state index in [1.54, 1.807) is 6.07 Å². The maximum Gasteiger partial charge on any atom is 0.330 e. The Labute approximate surface area is 203 Å². The predicted molar refractivity (Wildman–Crippen MR) is 130 cm³/mol. The number of hydrogen-bond donors (Lipinski definition) is 3. The third-order valence-electron chi connectivity index (χ3n) is 5.20. The van der Waals surface area contributed by atoms with Crippen LogP contribution in [-0.2, 0) is 25.7 Å². The number of nitrogens with zero attached hydrogens (tertiary/aromatic N) is 3. The van der Waals surface area contributed by atoms with Gasteiger partial charge in [0.2, 0.25) is 11.7 Å². The highest BCUT2D eigenvalue weighted by molar-refractivity contribution is 6.01. The van der Waals surface area contributed by atoms with Crippen molar-refractivity contribution < 1.29 is 19.1 Å². The minimum absolute atomic E-state index is 0.00883. The minimum atomic E-state index is -0.832. The number of hydrogen-bond acceptors (Lipinski definition) is 9. The lowest BCUT2D eigenvalue weighted by atomic mass is 10.1. The molecule has 0 aliphatic carbocycles. The average molecular weight is 491 g/mol. The van der Waals surface area contributed by atoms with Crippen LogP contribution in [0.3, 0.4) is 0 Å². The molecule has 192 valence electrons. The highest BCUT2D eigenvalue weighted by Crippen LogP contribution is 2.20. The molecule has 1 aromatic rings. The highest BCUT2D eigenvalue weighted by atomic mass is 16.5. The van der Waals surface area contributed by atoms with Gasteiger partial charge < -0.3 is 21.1 Å². The van der Waals surface area contributed by atoms with Crippen molar-refractivity contribution in [3.05, 3.63) is 32.1 Å². The highest BCUT2D eigenvalue weighted by Gasteiger charge is 2.25. The number of nitrogen functional groups attached to an aromatic ring is 1. The molecule has 1 amide bonds. The van der Waals surface area contributed by atoms with Crippen molar-refractivity contribution in [3.63, 3.8) is 0 Å². The van der Waals surface area contributed by atoms with Gasteiger partial charge in [0.25, 0.3) is 5.56 Å². The van der Waals surface area contributed by atoms with Crippen LogP contribution in [0.25, 0.3) is 0 Å². The zero-order valence-electron chi connectivity index (χ0n) is 20.5. The molecule has 1 rings (SSSR count). The molecule has 0 aliphatic rings. The van der Waals surface area contributed by atoms with Crippen molar-refractivity contribution in [1.29, 1.82) is 5.26 Å². The Morgan fingerprint density at radius 1 is 1.11 bits per heavy atom. The van der Waals surface area contributed by atoms with Crippen LogP contribution in [0.1, 0.15) is 65.7 Å². The van der Waals surface area contributed by atoms with Gasteiger partial charge in [0.1, 0.15) is 17.5 Å². The molecule has 5 N–H and O–H groups in total. The number of amides is 1. The van der Waals surface area contributed by atoms with E-state index in [0.717, 1.165) is 19.3 Å². The third-order valence-corrected chi connectivity index (χ3v) is 5.20. The topological polar surface area (TPSA) is 194 Å². The Balaban J connectivity index is 3.04. The van der Waals surface area contributed by atoms with Gasteiger partial charge in [0.05, 0.1) is 6.42 Å². The quantitative estimate of drug-likeness (QED) is 0.148. The summed E-state index contributed by atoms with van der Waals surface area (Å²) in [6.45, 7) is 5.07. The molecule has 0 spiro atoms. The van der Waals surface area contributed by atoms with E-state index >= 15 is 0 Å². The molecule has 0 fully saturated rings. The molecule has 12 nitrogen and oxygen atoms in total. The van der Waals surface area contributed by atoms with Crippen LogP contribution in [0.2, 0.25) is 0 Å². The van der Waals surface area contributed by atoms with Crippen LogP contribution in [0.15, 0.2) is 20.9 Å². The number of nitrogens with one attached hydrogen (secondary N) is 1. The summed E-state index contributed by atoms with van der Waals surface area (Å²) in [7, 11) is 0. The molecule has 35 heavy (non-hydrogen) atoms. The number of esters is 1. The van der Waals surface area contributed by atoms with E-state index in [1.807, 2.05) is 13.8 Å². The zero-order chi connectivity index (χ0) is 26.5. The average Bonchev–Trinajstić information content (AvgIpc) is 2.80. The first kappa shape index (κ1) is 29.2. The van der Waals surface area contributed by atoms with E-state index in [4.69, 9.17) is 21.5 Å². The number of H-pyrrole nitrogens is 1. The van der Waals surface area contributed by atoms with Crippen LogP contribution in [0.4, 0.5) is 11.5 Å². The van der Waals surface area contributed by atoms with Gasteiger partial charge in [-0.15, -0.1) is 0 Å². The van der Waals surface area contributed by atoms with Gasteiger partial charge in [-0.2, -0.15) is 5.26 Å². The van der Waals surface area contributed by atoms with E-state index in [0.29, 0.717) is 12.8 Å². The Bertz CT molecular complexity index is 1110. The molecule has 0 unspecified atom stereocenters. The minimum Gasteiger partial charge on any atom is -0.457 e. The number of unbranched alkanes of at least 4 members (excludes halogenated alkanes) is 3. The first-order valence-electron chi connectivity index (χ1n) is 11.6. The molecule has 0 bridgehead atoms. The molecule has 12 heteroatoms. The van der Waals surface area contributed by atoms with Crippen molar-refractivity contribution in [2.45, 2.75) is 72.3 Å². The van der Waals surface area contributed by atoms with Gasteiger partial charge >= 0.3 is 11.7 Å². The predicted octanol–water partition coefficient (Wildman–Crippen LogP) is 1.09. The lowest BCUT2D eigenvalue weighted by Gasteiger charge is -2.24. The number of aromatic nitrogens is 2. The third kappa shape index (κ3) is 8.44. The Morgan fingerprint density at radius 2 is 1.77 bits per heavy atom. The smallest absolute Gasteiger partial charge is 0.330 e. The molecule has 0 aromatic carbocycles. The Kier molecular flexibility index (Phi) is 12.0. The van der Waals surface area contributed by atoms with Crippen molar-refractivity contribution in [3.8, 4) is 6.07 Å². The van der Waals surface area contributed by atoms with E-state index in [-0.39, 0.29) is 48.7 Å². The lowest BCUT2D eigenvalue weighted by molar-refractivity contribution is -0.147. The number of carbonyl (C=O) groups is 3. The summed E-state index contributed by atoms with van der Waals surface area (Å²) < 4.78 is 6.08. The van der Waals surface area contributed by atoms with Gasteiger partial charge in [-0.1, -0.05) is 33.1 Å². The molecule has 0 saturated heterocycles. The summed E-state index contributed by atoms with van der Waals surface area (Å²) in [5.74, 6) is -2.25. The maximum atomic E-state index is 13.0. The number of ketones is 1. The summed E-state index contributed by atoms with van der Waals surface area (Å²) in [4.78, 5) is 65.3. The molecular weight excluding hydrogens is 456 g/mol. The second-order valence-corrected chi connectivity index (χ2v) is 8.00. The standard InChI is InChI=1S/C23H34N6O6/c1-4-6-8-12-28(20-21(26)29(11-7-5-2)23(34)27-22(20)33)18(31)9-10-19(32)35-14-17(30)16(13-24)15(3)25/h4-12,14,25-26H2,1-3H3,(H,27,33,34)/b16-15+. The molecule has 0 atom stereocenters. The number of rotatable bonds is 14. The van der Waals surface area contributed by atoms with Crippen molar-refractivity contribution in [1.82, 2.24) is 9.55 Å². The van der Waals surface area contributed by atoms with E-state index in [9.17, 15) is 24.0 Å². The lowest BCUT2D eigenvalue weighted by Crippen LogP contribution is -2.41. The fraction of sp³-hybridized carbons (Fsp3) is 0.565. The number of aromatic amines is 1. The molecule has 0 aliphatic heterocycles. The second kappa shape index (κ2) is 14.4. The molecule has 0 radical (unpaired) electrons. The van der Waals surface area contributed by atoms with Crippen molar-refractivity contribution >= 4 is 29.2 Å². The normalized spacial score (nSPS) is 11.4. The summed E-state index contributed by atoms with van der Waals surface area (Å²) in [5, 5.41) is 8.94. The van der Waals surface area contributed by atoms with Crippen molar-refractivity contribution in [2.75, 3.05) is 23.8 Å². The number of carbonyl (C=O) groups excluding carboxylic acids is 3. The first-order valence-corrected chi connectivity index (χ1v) is 11.6. The van der Waals surface area contributed by atoms with Gasteiger partial charge in [0.15, 0.2) is 12.3 Å². The van der Waals surface area contributed by atoms with Gasteiger partial charge in [-0.3, -0.25) is 28.7 Å². The van der Waals surface area contributed by atoms with Crippen LogP contribution in [0, 0.1) is 11.3 Å². The Morgan fingerprint density at radius 3 is 2.34 bits per heavy atom. The number of anilines is 2. The first-order chi connectivity index (χ1) is 16.6. The summed E-state index contributed by atoms with van der Waals surface area (Å²) >= 11 is 0. The van der Waals surface area contributed by atoms with Crippen LogP contribution >= 0.6 is 0 Å². The fourth-order valence-corrected chi connectivity index (χ4v) is 3.26. The largest absolute Gasteiger partial charge is 0.457 e. The monoisotopic (exact) mass is 490 g/mol. The molecule has 1 aromatic heterocycles. The summed E-state index contributed by atoms with van der Waals surface area (Å²) in [5.41, 5.74) is 9.73. The number of ether oxygens (including phenoxy) is 1. The van der Waals surface area contributed by atoms with E-state index < -0.39 is 35.5 Å². The number of nitriles is 1. The van der Waals surface area contributed by atoms with Crippen LogP contribution < -0.4 is 27.6 Å². The summed E-state index contributed by atoms with van der Waals surface area (Å²) in [6.07, 6.45) is 2.99. The van der Waals surface area contributed by atoms with E-state index in [2.05, 4.69) is 4.98 Å². The van der Waals surface area contributed by atoms with Gasteiger partial charge in [-0.25, -0.2) is 4.79 Å². The zero-order valence-corrected chi connectivity index (χ0v) is 20.5. The maximum absolute atomic E-state index is 13.0. The number of nitrogens with two attached hydrogens (primary N) is 2. The van der Waals surface area contributed by atoms with E-state index in [1.165, 1.54) is 16.4 Å². The van der Waals surface area contributed by atoms with Crippen molar-refractivity contribution in [2.24, 2.45) is 5.73 Å². The second-order valence-electron chi connectivity index (χ2n) is 8.00. The fourth-order valence-electron chi connectivity index (χ4n) is 3.26. The summed E-state index contributed by atoms with van der Waals surface area (Å²) in [6, 6.07) is 1.65. The molecule has 1 heterocycles. The number of allylic oxidation sites excluding steroid dienone is 1. The van der Waals surface area contributed by atoms with Crippen LogP contribution in [0.5, 0.6) is 0 Å². The van der Waals surface area contributed by atoms with Crippen LogP contribution in [-0.4, -0.2) is 40.4 Å². The van der Waals surface area contributed by atoms with Gasteiger partial charge in [-0.05, 0) is 19.8 Å². The van der Waals surface area contributed by atoms with Gasteiger partial charge in [0, 0.05) is 25.2 Å². The molecular formula is C23H34N6O6. The molecule has 0 saturated carbocycles. The Hall–Kier alpha value is -3.88. The SMILES string of the molecule is CCCCCN(C(=O)CCC(=O)OCC(=O)/C(C#N)=C(\C)N)c1c(N)n(CCCC)c(=O)[nH]c1=O.